The van der Waals surface area contributed by atoms with Crippen molar-refractivity contribution in [3.63, 3.8) is 0 Å². The van der Waals surface area contributed by atoms with E-state index >= 15 is 0 Å². The SMILES string of the molecule is CN(C)P=S. The van der Waals surface area contributed by atoms with Gasteiger partial charge >= 0.3 is 0 Å². The lowest BCUT2D eigenvalue weighted by Crippen LogP contribution is -1.90. The molecule has 0 saturated heterocycles. The van der Waals surface area contributed by atoms with Gasteiger partial charge in [0.15, 0.2) is 0 Å². The Morgan fingerprint density at radius 2 is 1.80 bits per heavy atom. The molecule has 0 N–H and O–H groups in total. The number of hydrogen-bond acceptors (Lipinski definition) is 1. The summed E-state index contributed by atoms with van der Waals surface area (Å²) in [6.07, 6.45) is 0. The predicted octanol–water partition coefficient (Wildman–Crippen LogP) is 0.871. The zero-order valence-electron chi connectivity index (χ0n) is 3.30. The standard InChI is InChI=1S/C2H6NPS/c1-3(2)4-5/h1-2H3. The second kappa shape index (κ2) is 2.70. The van der Waals surface area contributed by atoms with E-state index < -0.39 is 0 Å². The minimum absolute atomic E-state index is 0.914. The van der Waals surface area contributed by atoms with Gasteiger partial charge in [-0.2, -0.15) is 0 Å². The zero-order chi connectivity index (χ0) is 4.28. The molecule has 0 aromatic heterocycles. The first-order chi connectivity index (χ1) is 2.27. The molecule has 0 amide bonds. The average molecular weight is 107 g/mol. The Hall–Kier alpha value is 0.480. The van der Waals surface area contributed by atoms with Crippen LogP contribution in [0.15, 0.2) is 0 Å². The first kappa shape index (κ1) is 5.48. The highest BCUT2D eigenvalue weighted by molar-refractivity contribution is 7.95. The van der Waals surface area contributed by atoms with E-state index in [2.05, 4.69) is 11.8 Å². The molecular weight excluding hydrogens is 101 g/mol. The van der Waals surface area contributed by atoms with E-state index in [1.807, 2.05) is 18.8 Å². The van der Waals surface area contributed by atoms with Crippen LogP contribution in [0.4, 0.5) is 0 Å². The molecular formula is C2H6NPS. The largest absolute Gasteiger partial charge is 0.254 e. The lowest BCUT2D eigenvalue weighted by Gasteiger charge is -1.90. The quantitative estimate of drug-likeness (QED) is 0.457. The molecule has 0 fully saturated rings. The fraction of sp³-hybridized carbons (Fsp3) is 1.00. The lowest BCUT2D eigenvalue weighted by molar-refractivity contribution is 0.702. The monoisotopic (exact) mass is 107 g/mol. The summed E-state index contributed by atoms with van der Waals surface area (Å²) < 4.78 is 1.91. The van der Waals surface area contributed by atoms with Crippen LogP contribution in [0.5, 0.6) is 0 Å². The second-order valence-corrected chi connectivity index (χ2v) is 2.38. The topological polar surface area (TPSA) is 3.24 Å². The molecule has 0 saturated carbocycles. The molecule has 0 radical (unpaired) electrons. The van der Waals surface area contributed by atoms with Crippen LogP contribution in [0.2, 0.25) is 0 Å². The van der Waals surface area contributed by atoms with Crippen molar-refractivity contribution in [3.05, 3.63) is 0 Å². The minimum atomic E-state index is 0.914. The van der Waals surface area contributed by atoms with Gasteiger partial charge in [-0.15, -0.1) is 0 Å². The van der Waals surface area contributed by atoms with Crippen LogP contribution < -0.4 is 0 Å². The maximum atomic E-state index is 4.57. The normalized spacial score (nSPS) is 10.2. The molecule has 5 heavy (non-hydrogen) atoms. The van der Waals surface area contributed by atoms with Gasteiger partial charge < -0.3 is 0 Å². The van der Waals surface area contributed by atoms with Gasteiger partial charge in [0, 0.05) is 0 Å². The molecule has 0 heterocycles. The van der Waals surface area contributed by atoms with Crippen LogP contribution in [0.25, 0.3) is 0 Å². The van der Waals surface area contributed by atoms with Crippen molar-refractivity contribution >= 4 is 19.3 Å². The highest BCUT2D eigenvalue weighted by Crippen LogP contribution is 1.91. The molecule has 1 nitrogen and oxygen atoms in total. The molecule has 0 unspecified atom stereocenters. The molecule has 30 valence electrons. The third-order valence-corrected chi connectivity index (χ3v) is 1.47. The van der Waals surface area contributed by atoms with Crippen molar-refractivity contribution < 1.29 is 0 Å². The molecule has 0 spiro atoms. The van der Waals surface area contributed by atoms with Gasteiger partial charge in [-0.1, -0.05) is 0 Å². The first-order valence-electron chi connectivity index (χ1n) is 1.28. The zero-order valence-corrected chi connectivity index (χ0v) is 5.01. The summed E-state index contributed by atoms with van der Waals surface area (Å²) in [5, 5.41) is 0. The van der Waals surface area contributed by atoms with Crippen LogP contribution >= 0.6 is 7.51 Å². The summed E-state index contributed by atoms with van der Waals surface area (Å²) in [5.41, 5.74) is 0. The highest BCUT2D eigenvalue weighted by Gasteiger charge is 1.68. The van der Waals surface area contributed by atoms with E-state index in [9.17, 15) is 0 Å². The van der Waals surface area contributed by atoms with Crippen LogP contribution in [0, 0.1) is 0 Å². The van der Waals surface area contributed by atoms with Crippen molar-refractivity contribution in [2.75, 3.05) is 14.1 Å². The maximum absolute atomic E-state index is 4.57. The molecule has 0 aromatic rings. The Bertz CT molecular complexity index is 36.6. The Morgan fingerprint density at radius 3 is 1.80 bits per heavy atom. The Morgan fingerprint density at radius 1 is 1.60 bits per heavy atom. The molecule has 3 heteroatoms. The third kappa shape index (κ3) is 4.48. The molecule has 0 aliphatic rings. The van der Waals surface area contributed by atoms with Crippen molar-refractivity contribution in [1.29, 1.82) is 0 Å². The molecule has 0 atom stereocenters. The van der Waals surface area contributed by atoms with E-state index in [1.54, 1.807) is 0 Å². The minimum Gasteiger partial charge on any atom is -0.254 e. The van der Waals surface area contributed by atoms with Gasteiger partial charge in [-0.05, 0) is 25.9 Å². The number of hydrogen-bond donors (Lipinski definition) is 0. The van der Waals surface area contributed by atoms with Gasteiger partial charge in [0.25, 0.3) is 0 Å². The van der Waals surface area contributed by atoms with E-state index in [0.29, 0.717) is 0 Å². The Balaban J connectivity index is 2.83. The molecule has 0 rings (SSSR count). The molecule has 0 aromatic carbocycles. The van der Waals surface area contributed by atoms with E-state index in [1.165, 1.54) is 0 Å². The van der Waals surface area contributed by atoms with Gasteiger partial charge in [0.2, 0.25) is 0 Å². The second-order valence-electron chi connectivity index (χ2n) is 0.929. The molecule has 0 aliphatic heterocycles. The number of nitrogens with zero attached hydrogens (tertiary/aromatic N) is 1. The summed E-state index contributed by atoms with van der Waals surface area (Å²) in [7, 11) is 4.79. The molecule has 0 aliphatic carbocycles. The lowest BCUT2D eigenvalue weighted by atomic mass is 11.3. The van der Waals surface area contributed by atoms with Gasteiger partial charge in [0.05, 0.1) is 7.51 Å². The number of rotatable bonds is 1. The van der Waals surface area contributed by atoms with Crippen LogP contribution in [0.1, 0.15) is 0 Å². The fourth-order valence-corrected chi connectivity index (χ4v) is 0. The first-order valence-corrected chi connectivity index (χ1v) is 3.14. The molecule has 0 bridgehead atoms. The van der Waals surface area contributed by atoms with Crippen molar-refractivity contribution in [2.45, 2.75) is 0 Å². The Labute approximate surface area is 38.9 Å². The van der Waals surface area contributed by atoms with Crippen molar-refractivity contribution in [2.24, 2.45) is 0 Å². The highest BCUT2D eigenvalue weighted by atomic mass is 32.4. The Kier molecular flexibility index (Phi) is 2.96. The van der Waals surface area contributed by atoms with E-state index in [4.69, 9.17) is 0 Å². The predicted molar refractivity (Wildman–Crippen MR) is 28.0 cm³/mol. The fourth-order valence-electron chi connectivity index (χ4n) is 0. The summed E-state index contributed by atoms with van der Waals surface area (Å²) in [6, 6.07) is 0. The van der Waals surface area contributed by atoms with Crippen LogP contribution in [-0.2, 0) is 11.8 Å². The van der Waals surface area contributed by atoms with Crippen molar-refractivity contribution in [1.82, 2.24) is 4.67 Å². The maximum Gasteiger partial charge on any atom is 0.0609 e. The van der Waals surface area contributed by atoms with Crippen LogP contribution in [-0.4, -0.2) is 18.8 Å². The van der Waals surface area contributed by atoms with Gasteiger partial charge in [-0.25, -0.2) is 0 Å². The van der Waals surface area contributed by atoms with Crippen molar-refractivity contribution in [3.8, 4) is 0 Å². The van der Waals surface area contributed by atoms with Crippen LogP contribution in [0.3, 0.4) is 0 Å². The third-order valence-electron chi connectivity index (χ3n) is 0.163. The summed E-state index contributed by atoms with van der Waals surface area (Å²) in [6.45, 7) is 0. The smallest absolute Gasteiger partial charge is 0.0609 e. The van der Waals surface area contributed by atoms with E-state index in [-0.39, 0.29) is 0 Å². The van der Waals surface area contributed by atoms with Gasteiger partial charge in [-0.3, -0.25) is 4.67 Å². The van der Waals surface area contributed by atoms with E-state index in [0.717, 1.165) is 7.51 Å². The summed E-state index contributed by atoms with van der Waals surface area (Å²) in [4.78, 5) is 0. The summed E-state index contributed by atoms with van der Waals surface area (Å²) >= 11 is 4.57. The summed E-state index contributed by atoms with van der Waals surface area (Å²) in [5.74, 6) is 0. The van der Waals surface area contributed by atoms with Gasteiger partial charge in [0.1, 0.15) is 0 Å². The average Bonchev–Trinajstić information content (AvgIpc) is 1.38.